The topological polar surface area (TPSA) is 85.8 Å². The van der Waals surface area contributed by atoms with Gasteiger partial charge in [-0.05, 0) is 19.3 Å². The Bertz CT molecular complexity index is 1210. The predicted octanol–water partition coefficient (Wildman–Crippen LogP) is 4.59. The summed E-state index contributed by atoms with van der Waals surface area (Å²) in [6.07, 6.45) is 11.1. The number of rotatable bonds is 4. The first kappa shape index (κ1) is 18.2. The summed E-state index contributed by atoms with van der Waals surface area (Å²) in [5.41, 5.74) is 2.68. The lowest BCUT2D eigenvalue weighted by Crippen LogP contribution is -2.42. The van der Waals surface area contributed by atoms with Crippen LogP contribution in [0.4, 0.5) is 5.82 Å². The molecule has 8 heteroatoms. The summed E-state index contributed by atoms with van der Waals surface area (Å²) in [6.45, 7) is 2.20. The molecule has 0 bridgehead atoms. The van der Waals surface area contributed by atoms with E-state index in [1.807, 2.05) is 41.1 Å². The van der Waals surface area contributed by atoms with Gasteiger partial charge in [0.15, 0.2) is 23.2 Å². The summed E-state index contributed by atoms with van der Waals surface area (Å²) in [7, 11) is 0. The zero-order chi connectivity index (χ0) is 20.8. The molecule has 31 heavy (non-hydrogen) atoms. The average molecular weight is 413 g/mol. The van der Waals surface area contributed by atoms with Crippen molar-refractivity contribution in [2.75, 3.05) is 4.90 Å². The van der Waals surface area contributed by atoms with Crippen LogP contribution in [-0.2, 0) is 0 Å². The van der Waals surface area contributed by atoms with Gasteiger partial charge in [-0.25, -0.2) is 9.97 Å². The monoisotopic (exact) mass is 413 g/mol. The third-order valence-corrected chi connectivity index (χ3v) is 6.41. The fraction of sp³-hybridized carbons (Fsp3) is 0.348. The van der Waals surface area contributed by atoms with Gasteiger partial charge in [0.2, 0.25) is 0 Å². The van der Waals surface area contributed by atoms with Gasteiger partial charge in [-0.1, -0.05) is 55.3 Å². The normalized spacial score (nSPS) is 18.2. The van der Waals surface area contributed by atoms with Crippen LogP contribution in [0.3, 0.4) is 0 Å². The van der Waals surface area contributed by atoms with E-state index < -0.39 is 0 Å². The molecule has 1 atom stereocenters. The highest BCUT2D eigenvalue weighted by Gasteiger charge is 2.38. The second-order valence-electron chi connectivity index (χ2n) is 8.17. The van der Waals surface area contributed by atoms with Crippen LogP contribution in [-0.4, -0.2) is 35.9 Å². The van der Waals surface area contributed by atoms with E-state index in [2.05, 4.69) is 27.2 Å². The number of hydrogen-bond donors (Lipinski definition) is 0. The van der Waals surface area contributed by atoms with Crippen LogP contribution >= 0.6 is 0 Å². The minimum Gasteiger partial charge on any atom is -0.356 e. The summed E-state index contributed by atoms with van der Waals surface area (Å²) in [6, 6.07) is 10.6. The molecule has 0 N–H and O–H groups in total. The van der Waals surface area contributed by atoms with E-state index in [1.54, 1.807) is 12.5 Å². The lowest BCUT2D eigenvalue weighted by Gasteiger charge is -2.40. The van der Waals surface area contributed by atoms with Crippen molar-refractivity contribution in [2.24, 2.45) is 0 Å². The molecule has 1 aliphatic heterocycles. The van der Waals surface area contributed by atoms with Gasteiger partial charge >= 0.3 is 0 Å². The first-order chi connectivity index (χ1) is 15.3. The van der Waals surface area contributed by atoms with Crippen molar-refractivity contribution in [1.82, 2.24) is 29.9 Å². The van der Waals surface area contributed by atoms with Gasteiger partial charge in [0.05, 0.1) is 24.0 Å². The maximum absolute atomic E-state index is 5.59. The van der Waals surface area contributed by atoms with E-state index in [0.29, 0.717) is 17.6 Å². The van der Waals surface area contributed by atoms with Crippen LogP contribution in [0, 0.1) is 0 Å². The molecule has 3 aromatic heterocycles. The summed E-state index contributed by atoms with van der Waals surface area (Å²) in [5.74, 6) is 3.21. The molecule has 156 valence electrons. The lowest BCUT2D eigenvalue weighted by molar-refractivity contribution is 0.432. The number of fused-ring (bicyclic) bond motifs is 3. The fourth-order valence-electron chi connectivity index (χ4n) is 4.97. The van der Waals surface area contributed by atoms with Gasteiger partial charge < -0.3 is 9.42 Å². The average Bonchev–Trinajstić information content (AvgIpc) is 3.59. The Hall–Kier alpha value is -3.55. The summed E-state index contributed by atoms with van der Waals surface area (Å²) < 4.78 is 7.63. The molecule has 0 spiro atoms. The molecule has 0 saturated heterocycles. The van der Waals surface area contributed by atoms with E-state index >= 15 is 0 Å². The zero-order valence-electron chi connectivity index (χ0n) is 17.3. The van der Waals surface area contributed by atoms with Crippen LogP contribution < -0.4 is 4.90 Å². The van der Waals surface area contributed by atoms with Crippen LogP contribution in [0.1, 0.15) is 50.9 Å². The van der Waals surface area contributed by atoms with Crippen molar-refractivity contribution < 1.29 is 4.52 Å². The van der Waals surface area contributed by atoms with Crippen molar-refractivity contribution >= 4 is 5.82 Å². The van der Waals surface area contributed by atoms with Crippen molar-refractivity contribution in [3.05, 3.63) is 54.9 Å². The van der Waals surface area contributed by atoms with E-state index in [1.165, 1.54) is 25.7 Å². The zero-order valence-corrected chi connectivity index (χ0v) is 17.3. The number of benzene rings is 1. The van der Waals surface area contributed by atoms with Gasteiger partial charge in [0, 0.05) is 11.6 Å². The third kappa shape index (κ3) is 2.85. The Morgan fingerprint density at radius 1 is 1.10 bits per heavy atom. The fourth-order valence-corrected chi connectivity index (χ4v) is 4.97. The Labute approximate surface area is 180 Å². The molecule has 8 nitrogen and oxygen atoms in total. The lowest BCUT2D eigenvalue weighted by atomic mass is 10.0. The summed E-state index contributed by atoms with van der Waals surface area (Å²) in [4.78, 5) is 12.2. The van der Waals surface area contributed by atoms with E-state index in [4.69, 9.17) is 14.5 Å². The second-order valence-corrected chi connectivity index (χ2v) is 8.17. The Morgan fingerprint density at radius 3 is 2.74 bits per heavy atom. The van der Waals surface area contributed by atoms with Crippen molar-refractivity contribution in [3.63, 3.8) is 0 Å². The molecule has 1 aliphatic carbocycles. The smallest absolute Gasteiger partial charge is 0.177 e. The van der Waals surface area contributed by atoms with Crippen LogP contribution in [0.5, 0.6) is 0 Å². The molecule has 6 rings (SSSR count). The Balaban J connectivity index is 1.51. The standard InChI is InChI=1S/C23H23N7O/c1-2-18-23-28-25-14-29(23)19-13-24-21(27-22(19)30(18)16-10-6-7-11-16)17-12-26-31-20(17)15-8-4-3-5-9-15/h3-5,8-9,12-14,16,18H,2,6-7,10-11H2,1H3/t18-/m1/s1. The molecule has 1 fully saturated rings. The van der Waals surface area contributed by atoms with Crippen molar-refractivity contribution in [1.29, 1.82) is 0 Å². The van der Waals surface area contributed by atoms with Gasteiger partial charge in [-0.2, -0.15) is 0 Å². The predicted molar refractivity (Wildman–Crippen MR) is 116 cm³/mol. The Morgan fingerprint density at radius 2 is 1.94 bits per heavy atom. The van der Waals surface area contributed by atoms with E-state index in [-0.39, 0.29) is 6.04 Å². The minimum absolute atomic E-state index is 0.150. The Kier molecular flexibility index (Phi) is 4.29. The van der Waals surface area contributed by atoms with E-state index in [9.17, 15) is 0 Å². The number of hydrogen-bond acceptors (Lipinski definition) is 7. The molecule has 1 saturated carbocycles. The van der Waals surface area contributed by atoms with Crippen molar-refractivity contribution in [3.8, 4) is 28.4 Å². The minimum atomic E-state index is 0.150. The van der Waals surface area contributed by atoms with Crippen LogP contribution in [0.2, 0.25) is 0 Å². The number of aromatic nitrogens is 6. The maximum atomic E-state index is 5.59. The molecule has 2 aliphatic rings. The van der Waals surface area contributed by atoms with Gasteiger partial charge in [-0.15, -0.1) is 10.2 Å². The highest BCUT2D eigenvalue weighted by molar-refractivity contribution is 5.77. The quantitative estimate of drug-likeness (QED) is 0.483. The number of nitrogens with zero attached hydrogens (tertiary/aromatic N) is 7. The first-order valence-corrected chi connectivity index (χ1v) is 10.9. The second kappa shape index (κ2) is 7.30. The van der Waals surface area contributed by atoms with Crippen LogP contribution in [0.25, 0.3) is 28.4 Å². The maximum Gasteiger partial charge on any atom is 0.177 e. The largest absolute Gasteiger partial charge is 0.356 e. The molecular formula is C23H23N7O. The van der Waals surface area contributed by atoms with E-state index in [0.717, 1.165) is 34.9 Å². The van der Waals surface area contributed by atoms with Gasteiger partial charge in [-0.3, -0.25) is 4.57 Å². The molecule has 0 amide bonds. The molecular weight excluding hydrogens is 390 g/mol. The highest BCUT2D eigenvalue weighted by atomic mass is 16.5. The summed E-state index contributed by atoms with van der Waals surface area (Å²) >= 11 is 0. The first-order valence-electron chi connectivity index (χ1n) is 10.9. The van der Waals surface area contributed by atoms with Crippen molar-refractivity contribution in [2.45, 2.75) is 51.1 Å². The molecule has 4 heterocycles. The highest BCUT2D eigenvalue weighted by Crippen LogP contribution is 2.43. The molecule has 0 unspecified atom stereocenters. The SMILES string of the molecule is CC[C@@H]1c2nncn2-c2cnc(-c3cnoc3-c3ccccc3)nc2N1C1CCCC1. The van der Waals surface area contributed by atoms with Gasteiger partial charge in [0.25, 0.3) is 0 Å². The molecule has 4 aromatic rings. The molecule has 1 aromatic carbocycles. The third-order valence-electron chi connectivity index (χ3n) is 6.41. The van der Waals surface area contributed by atoms with Crippen LogP contribution in [0.15, 0.2) is 53.6 Å². The summed E-state index contributed by atoms with van der Waals surface area (Å²) in [5, 5.41) is 12.7. The molecule has 0 radical (unpaired) electrons. The van der Waals surface area contributed by atoms with Gasteiger partial charge in [0.1, 0.15) is 12.0 Å². The number of anilines is 1.